The maximum absolute atomic E-state index is 13.1. The van der Waals surface area contributed by atoms with Gasteiger partial charge in [0.15, 0.2) is 0 Å². The highest BCUT2D eigenvalue weighted by atomic mass is 32.2. The number of nitrogens with one attached hydrogen (secondary N) is 1. The van der Waals surface area contributed by atoms with Crippen LogP contribution in [0.25, 0.3) is 0 Å². The summed E-state index contributed by atoms with van der Waals surface area (Å²) in [6, 6.07) is 11.8. The molecule has 6 heteroatoms. The molecule has 0 bridgehead atoms. The molecule has 150 valence electrons. The van der Waals surface area contributed by atoms with Crippen LogP contribution in [0.4, 0.5) is 0 Å². The lowest BCUT2D eigenvalue weighted by atomic mass is 9.88. The lowest BCUT2D eigenvalue weighted by Crippen LogP contribution is -2.40. The van der Waals surface area contributed by atoms with Crippen molar-refractivity contribution < 1.29 is 13.2 Å². The van der Waals surface area contributed by atoms with Crippen molar-refractivity contribution in [3.05, 3.63) is 64.2 Å². The smallest absolute Gasteiger partial charge is 0.243 e. The third-order valence-electron chi connectivity index (χ3n) is 5.34. The van der Waals surface area contributed by atoms with E-state index in [4.69, 9.17) is 0 Å². The number of nitrogens with zero attached hydrogens (tertiary/aromatic N) is 1. The molecule has 3 rings (SSSR count). The molecule has 28 heavy (non-hydrogen) atoms. The van der Waals surface area contributed by atoms with E-state index in [0.29, 0.717) is 11.1 Å². The average molecular weight is 401 g/mol. The molecule has 1 atom stereocenters. The molecule has 0 heterocycles. The molecule has 2 aromatic carbocycles. The van der Waals surface area contributed by atoms with Crippen LogP contribution < -0.4 is 5.32 Å². The van der Waals surface area contributed by atoms with Gasteiger partial charge in [0.1, 0.15) is 0 Å². The summed E-state index contributed by atoms with van der Waals surface area (Å²) in [5, 5.41) is 3.02. The van der Waals surface area contributed by atoms with E-state index in [1.54, 1.807) is 13.8 Å². The molecular weight excluding hydrogens is 372 g/mol. The van der Waals surface area contributed by atoms with E-state index in [9.17, 15) is 13.2 Å². The number of benzene rings is 2. The van der Waals surface area contributed by atoms with Crippen molar-refractivity contribution in [1.82, 2.24) is 9.62 Å². The molecule has 0 saturated heterocycles. The standard InChI is InChI=1S/C22H28N2O3S/c1-15-12-16(2)22(17(3)13-15)28(26,27)24(4)14-21(25)23-20-11-7-9-18-8-5-6-10-19(18)20/h5-6,8,10,12-13,20H,7,9,11,14H2,1-4H3,(H,23,25)/t20-/m1/s1. The second kappa shape index (κ2) is 8.05. The molecular formula is C22H28N2O3S. The largest absolute Gasteiger partial charge is 0.348 e. The van der Waals surface area contributed by atoms with Gasteiger partial charge in [-0.25, -0.2) is 8.42 Å². The van der Waals surface area contributed by atoms with Crippen LogP contribution in [-0.4, -0.2) is 32.2 Å². The number of carbonyl (C=O) groups excluding carboxylic acids is 1. The van der Waals surface area contributed by atoms with Crippen molar-refractivity contribution in [2.24, 2.45) is 0 Å². The summed E-state index contributed by atoms with van der Waals surface area (Å²) in [5.74, 6) is -0.282. The average Bonchev–Trinajstić information content (AvgIpc) is 2.60. The maximum Gasteiger partial charge on any atom is 0.243 e. The molecule has 1 aliphatic rings. The van der Waals surface area contributed by atoms with Crippen LogP contribution >= 0.6 is 0 Å². The Balaban J connectivity index is 1.75. The van der Waals surface area contributed by atoms with Gasteiger partial charge < -0.3 is 5.32 Å². The first-order chi connectivity index (χ1) is 13.2. The van der Waals surface area contributed by atoms with Gasteiger partial charge in [-0.15, -0.1) is 0 Å². The molecule has 2 aromatic rings. The van der Waals surface area contributed by atoms with E-state index in [0.717, 1.165) is 34.7 Å². The zero-order valence-corrected chi connectivity index (χ0v) is 17.8. The lowest BCUT2D eigenvalue weighted by Gasteiger charge is -2.27. The molecule has 1 N–H and O–H groups in total. The molecule has 0 saturated carbocycles. The number of aryl methyl sites for hydroxylation is 4. The van der Waals surface area contributed by atoms with Crippen LogP contribution in [-0.2, 0) is 21.2 Å². The minimum absolute atomic E-state index is 0.0589. The number of hydrogen-bond donors (Lipinski definition) is 1. The Hall–Kier alpha value is -2.18. The van der Waals surface area contributed by atoms with Crippen molar-refractivity contribution in [3.63, 3.8) is 0 Å². The predicted octanol–water partition coefficient (Wildman–Crippen LogP) is 3.43. The third-order valence-corrected chi connectivity index (χ3v) is 7.45. The minimum Gasteiger partial charge on any atom is -0.348 e. The Morgan fingerprint density at radius 2 is 1.79 bits per heavy atom. The molecule has 0 fully saturated rings. The number of sulfonamides is 1. The maximum atomic E-state index is 13.1. The first-order valence-corrected chi connectivity index (χ1v) is 11.1. The van der Waals surface area contributed by atoms with Crippen molar-refractivity contribution in [2.75, 3.05) is 13.6 Å². The fourth-order valence-electron chi connectivity index (χ4n) is 4.16. The number of rotatable bonds is 5. The molecule has 0 spiro atoms. The first kappa shape index (κ1) is 20.6. The van der Waals surface area contributed by atoms with Gasteiger partial charge in [0.25, 0.3) is 0 Å². The Morgan fingerprint density at radius 3 is 2.46 bits per heavy atom. The molecule has 5 nitrogen and oxygen atoms in total. The number of amides is 1. The van der Waals surface area contributed by atoms with Gasteiger partial charge in [0.2, 0.25) is 15.9 Å². The van der Waals surface area contributed by atoms with Crippen LogP contribution in [0.15, 0.2) is 41.3 Å². The highest BCUT2D eigenvalue weighted by molar-refractivity contribution is 7.89. The number of fused-ring (bicyclic) bond motifs is 1. The van der Waals surface area contributed by atoms with Crippen molar-refractivity contribution in [2.45, 2.75) is 51.0 Å². The SMILES string of the molecule is Cc1cc(C)c(S(=O)(=O)N(C)CC(=O)N[C@@H]2CCCc3ccccc32)c(C)c1. The van der Waals surface area contributed by atoms with E-state index >= 15 is 0 Å². The highest BCUT2D eigenvalue weighted by Crippen LogP contribution is 2.29. The zero-order chi connectivity index (χ0) is 20.5. The first-order valence-electron chi connectivity index (χ1n) is 9.61. The molecule has 1 aliphatic carbocycles. The van der Waals surface area contributed by atoms with E-state index in [-0.39, 0.29) is 23.4 Å². The summed E-state index contributed by atoms with van der Waals surface area (Å²) in [4.78, 5) is 12.9. The minimum atomic E-state index is -3.74. The van der Waals surface area contributed by atoms with Crippen LogP contribution in [0.5, 0.6) is 0 Å². The monoisotopic (exact) mass is 400 g/mol. The van der Waals surface area contributed by atoms with Gasteiger partial charge in [0, 0.05) is 7.05 Å². The van der Waals surface area contributed by atoms with Gasteiger partial charge in [-0.3, -0.25) is 4.79 Å². The zero-order valence-electron chi connectivity index (χ0n) is 17.0. The summed E-state index contributed by atoms with van der Waals surface area (Å²) < 4.78 is 27.3. The topological polar surface area (TPSA) is 66.5 Å². The fourth-order valence-corrected chi connectivity index (χ4v) is 5.69. The number of hydrogen-bond acceptors (Lipinski definition) is 3. The molecule has 0 unspecified atom stereocenters. The van der Waals surface area contributed by atoms with E-state index in [2.05, 4.69) is 11.4 Å². The van der Waals surface area contributed by atoms with Crippen molar-refractivity contribution >= 4 is 15.9 Å². The van der Waals surface area contributed by atoms with E-state index in [1.165, 1.54) is 12.6 Å². The van der Waals surface area contributed by atoms with Crippen LogP contribution in [0, 0.1) is 20.8 Å². The second-order valence-electron chi connectivity index (χ2n) is 7.70. The molecule has 0 aromatic heterocycles. The Labute approximate surface area is 167 Å². The van der Waals surface area contributed by atoms with Crippen LogP contribution in [0.3, 0.4) is 0 Å². The fraction of sp³-hybridized carbons (Fsp3) is 0.409. The summed E-state index contributed by atoms with van der Waals surface area (Å²) in [5.41, 5.74) is 4.81. The second-order valence-corrected chi connectivity index (χ2v) is 9.68. The summed E-state index contributed by atoms with van der Waals surface area (Å²) in [7, 11) is -2.28. The number of carbonyl (C=O) groups is 1. The number of likely N-dealkylation sites (N-methyl/N-ethyl adjacent to an activating group) is 1. The third kappa shape index (κ3) is 4.13. The van der Waals surface area contributed by atoms with Gasteiger partial charge in [-0.05, 0) is 62.3 Å². The molecule has 1 amide bonds. The normalized spacial score (nSPS) is 16.7. The summed E-state index contributed by atoms with van der Waals surface area (Å²) in [6.07, 6.45) is 2.90. The van der Waals surface area contributed by atoms with Gasteiger partial charge >= 0.3 is 0 Å². The molecule has 0 aliphatic heterocycles. The van der Waals surface area contributed by atoms with Gasteiger partial charge in [0.05, 0.1) is 17.5 Å². The van der Waals surface area contributed by atoms with Crippen molar-refractivity contribution in [1.29, 1.82) is 0 Å². The lowest BCUT2D eigenvalue weighted by molar-refractivity contribution is -0.122. The van der Waals surface area contributed by atoms with Crippen LogP contribution in [0.1, 0.15) is 46.7 Å². The van der Waals surface area contributed by atoms with E-state index < -0.39 is 10.0 Å². The Kier molecular flexibility index (Phi) is 5.91. The molecule has 0 radical (unpaired) electrons. The van der Waals surface area contributed by atoms with E-state index in [1.807, 2.05) is 37.3 Å². The Bertz CT molecular complexity index is 976. The predicted molar refractivity (Wildman–Crippen MR) is 111 cm³/mol. The van der Waals surface area contributed by atoms with Gasteiger partial charge in [-0.2, -0.15) is 4.31 Å². The summed E-state index contributed by atoms with van der Waals surface area (Å²) in [6.45, 7) is 5.32. The van der Waals surface area contributed by atoms with Gasteiger partial charge in [-0.1, -0.05) is 42.0 Å². The van der Waals surface area contributed by atoms with Crippen molar-refractivity contribution in [3.8, 4) is 0 Å². The quantitative estimate of drug-likeness (QED) is 0.836. The Morgan fingerprint density at radius 1 is 1.14 bits per heavy atom. The van der Waals surface area contributed by atoms with Crippen LogP contribution in [0.2, 0.25) is 0 Å². The highest BCUT2D eigenvalue weighted by Gasteiger charge is 2.28. The summed E-state index contributed by atoms with van der Waals surface area (Å²) >= 11 is 0.